The van der Waals surface area contributed by atoms with Gasteiger partial charge in [0, 0.05) is 17.5 Å². The predicted octanol–water partition coefficient (Wildman–Crippen LogP) is 2.99. The molecule has 15 heavy (non-hydrogen) atoms. The summed E-state index contributed by atoms with van der Waals surface area (Å²) in [6.07, 6.45) is 3.38. The maximum Gasteiger partial charge on any atom is 0.173 e. The second kappa shape index (κ2) is 7.14. The van der Waals surface area contributed by atoms with E-state index >= 15 is 0 Å². The topological polar surface area (TPSA) is 21.3 Å². The van der Waals surface area contributed by atoms with Gasteiger partial charge in [-0.15, -0.1) is 11.3 Å². The lowest BCUT2D eigenvalue weighted by molar-refractivity contribution is 0.427. The molecule has 1 heterocycles. The molecule has 1 rings (SSSR count). The van der Waals surface area contributed by atoms with Gasteiger partial charge in [-0.1, -0.05) is 0 Å². The molecule has 0 aliphatic carbocycles. The Bertz CT molecular complexity index is 275. The van der Waals surface area contributed by atoms with Crippen molar-refractivity contribution >= 4 is 23.1 Å². The number of ether oxygens (including phenoxy) is 1. The van der Waals surface area contributed by atoms with E-state index in [1.165, 1.54) is 17.1 Å². The number of thiophene rings is 1. The Balaban J connectivity index is 2.24. The van der Waals surface area contributed by atoms with Crippen molar-refractivity contribution in [2.45, 2.75) is 25.9 Å². The molecule has 1 aromatic rings. The molecule has 1 atom stereocenters. The fraction of sp³-hybridized carbons (Fsp3) is 0.636. The number of rotatable bonds is 7. The minimum absolute atomic E-state index is 0.588. The highest BCUT2D eigenvalue weighted by atomic mass is 32.2. The van der Waals surface area contributed by atoms with Crippen LogP contribution in [0.3, 0.4) is 0 Å². The van der Waals surface area contributed by atoms with Crippen molar-refractivity contribution in [1.82, 2.24) is 5.32 Å². The zero-order valence-electron chi connectivity index (χ0n) is 9.58. The molecule has 0 aliphatic heterocycles. The highest BCUT2D eigenvalue weighted by Crippen LogP contribution is 2.23. The van der Waals surface area contributed by atoms with Gasteiger partial charge in [-0.25, -0.2) is 0 Å². The van der Waals surface area contributed by atoms with Gasteiger partial charge in [0.2, 0.25) is 0 Å². The Morgan fingerprint density at radius 3 is 2.93 bits per heavy atom. The third-order valence-electron chi connectivity index (χ3n) is 2.22. The predicted molar refractivity (Wildman–Crippen MR) is 70.2 cm³/mol. The molecule has 0 saturated heterocycles. The van der Waals surface area contributed by atoms with Crippen molar-refractivity contribution in [2.75, 3.05) is 19.1 Å². The highest BCUT2D eigenvalue weighted by Gasteiger charge is 2.03. The third-order valence-corrected chi connectivity index (χ3v) is 3.91. The van der Waals surface area contributed by atoms with Crippen LogP contribution in [0, 0.1) is 0 Å². The highest BCUT2D eigenvalue weighted by molar-refractivity contribution is 7.98. The van der Waals surface area contributed by atoms with Gasteiger partial charge < -0.3 is 10.1 Å². The van der Waals surface area contributed by atoms with Crippen LogP contribution >= 0.6 is 23.1 Å². The van der Waals surface area contributed by atoms with Gasteiger partial charge in [0.1, 0.15) is 0 Å². The van der Waals surface area contributed by atoms with Gasteiger partial charge in [0.15, 0.2) is 5.06 Å². The van der Waals surface area contributed by atoms with Gasteiger partial charge in [-0.3, -0.25) is 0 Å². The van der Waals surface area contributed by atoms with Gasteiger partial charge in [0.05, 0.1) is 7.11 Å². The van der Waals surface area contributed by atoms with Crippen molar-refractivity contribution in [3.63, 3.8) is 0 Å². The molecule has 0 aliphatic rings. The minimum Gasteiger partial charge on any atom is -0.487 e. The fourth-order valence-electron chi connectivity index (χ4n) is 1.23. The molecule has 0 saturated carbocycles. The molecular weight excluding hydrogens is 226 g/mol. The summed E-state index contributed by atoms with van der Waals surface area (Å²) in [6.45, 7) is 3.19. The largest absolute Gasteiger partial charge is 0.487 e. The van der Waals surface area contributed by atoms with Crippen LogP contribution < -0.4 is 10.1 Å². The van der Waals surface area contributed by atoms with Crippen LogP contribution in [0.4, 0.5) is 0 Å². The van der Waals surface area contributed by atoms with E-state index in [0.29, 0.717) is 6.04 Å². The van der Waals surface area contributed by atoms with E-state index in [2.05, 4.69) is 24.6 Å². The Labute approximate surface area is 100 Å². The van der Waals surface area contributed by atoms with Crippen LogP contribution in [0.1, 0.15) is 18.2 Å². The quantitative estimate of drug-likeness (QED) is 0.798. The van der Waals surface area contributed by atoms with Crippen LogP contribution in [0.2, 0.25) is 0 Å². The number of thioether (sulfide) groups is 1. The Morgan fingerprint density at radius 2 is 2.33 bits per heavy atom. The smallest absolute Gasteiger partial charge is 0.173 e. The first-order chi connectivity index (χ1) is 7.26. The first-order valence-electron chi connectivity index (χ1n) is 5.11. The molecule has 0 amide bonds. The summed E-state index contributed by atoms with van der Waals surface area (Å²) < 4.78 is 5.15. The monoisotopic (exact) mass is 245 g/mol. The molecule has 1 N–H and O–H groups in total. The van der Waals surface area contributed by atoms with E-state index in [9.17, 15) is 0 Å². The molecule has 1 aromatic heterocycles. The summed E-state index contributed by atoms with van der Waals surface area (Å²) in [4.78, 5) is 1.34. The van der Waals surface area contributed by atoms with Gasteiger partial charge in [-0.2, -0.15) is 11.8 Å². The summed E-state index contributed by atoms with van der Waals surface area (Å²) >= 11 is 3.61. The summed E-state index contributed by atoms with van der Waals surface area (Å²) in [6, 6.07) is 4.73. The maximum atomic E-state index is 5.15. The molecule has 0 fully saturated rings. The molecule has 0 spiro atoms. The molecule has 0 bridgehead atoms. The zero-order valence-corrected chi connectivity index (χ0v) is 11.2. The normalized spacial score (nSPS) is 12.7. The maximum absolute atomic E-state index is 5.15. The van der Waals surface area contributed by atoms with E-state index in [4.69, 9.17) is 4.74 Å². The van der Waals surface area contributed by atoms with Crippen LogP contribution in [0.5, 0.6) is 5.06 Å². The van der Waals surface area contributed by atoms with Crippen molar-refractivity contribution in [3.05, 3.63) is 17.0 Å². The average Bonchev–Trinajstić information content (AvgIpc) is 2.71. The number of hydrogen-bond acceptors (Lipinski definition) is 4. The summed E-state index contributed by atoms with van der Waals surface area (Å²) in [7, 11) is 1.71. The number of methoxy groups -OCH3 is 1. The standard InChI is InChI=1S/C11H19NOS2/c1-9(6-7-14-3)12-8-10-4-5-11(13-2)15-10/h4-5,9,12H,6-8H2,1-3H3. The van der Waals surface area contributed by atoms with Crippen molar-refractivity contribution in [2.24, 2.45) is 0 Å². The summed E-state index contributed by atoms with van der Waals surface area (Å²) in [5.41, 5.74) is 0. The van der Waals surface area contributed by atoms with Crippen LogP contribution in [-0.2, 0) is 6.54 Å². The minimum atomic E-state index is 0.588. The lowest BCUT2D eigenvalue weighted by Gasteiger charge is -2.11. The van der Waals surface area contributed by atoms with E-state index in [1.54, 1.807) is 18.4 Å². The molecule has 0 aromatic carbocycles. The Morgan fingerprint density at radius 1 is 1.53 bits per heavy atom. The molecule has 4 heteroatoms. The number of nitrogens with one attached hydrogen (secondary N) is 1. The first kappa shape index (κ1) is 12.9. The van der Waals surface area contributed by atoms with Gasteiger partial charge in [-0.05, 0) is 37.5 Å². The first-order valence-corrected chi connectivity index (χ1v) is 7.32. The lowest BCUT2D eigenvalue weighted by atomic mass is 10.2. The molecule has 86 valence electrons. The second-order valence-corrected chi connectivity index (χ2v) is 5.60. The average molecular weight is 245 g/mol. The second-order valence-electron chi connectivity index (χ2n) is 3.49. The molecular formula is C11H19NOS2. The van der Waals surface area contributed by atoms with Crippen molar-refractivity contribution in [1.29, 1.82) is 0 Å². The Kier molecular flexibility index (Phi) is 6.13. The van der Waals surface area contributed by atoms with Gasteiger partial charge in [0.25, 0.3) is 0 Å². The van der Waals surface area contributed by atoms with Crippen molar-refractivity contribution < 1.29 is 4.74 Å². The van der Waals surface area contributed by atoms with Crippen LogP contribution in [-0.4, -0.2) is 25.2 Å². The third kappa shape index (κ3) is 4.91. The van der Waals surface area contributed by atoms with E-state index < -0.39 is 0 Å². The van der Waals surface area contributed by atoms with Crippen molar-refractivity contribution in [3.8, 4) is 5.06 Å². The van der Waals surface area contributed by atoms with Crippen LogP contribution in [0.15, 0.2) is 12.1 Å². The lowest BCUT2D eigenvalue weighted by Crippen LogP contribution is -2.25. The molecule has 0 radical (unpaired) electrons. The summed E-state index contributed by atoms with van der Waals surface area (Å²) in [5, 5.41) is 4.50. The summed E-state index contributed by atoms with van der Waals surface area (Å²) in [5.74, 6) is 1.22. The Hall–Kier alpha value is -0.190. The van der Waals surface area contributed by atoms with E-state index in [0.717, 1.165) is 11.6 Å². The van der Waals surface area contributed by atoms with E-state index in [1.807, 2.05) is 17.8 Å². The molecule has 1 unspecified atom stereocenters. The molecule has 2 nitrogen and oxygen atoms in total. The van der Waals surface area contributed by atoms with Gasteiger partial charge >= 0.3 is 0 Å². The SMILES string of the molecule is COc1ccc(CNC(C)CCSC)s1. The van der Waals surface area contributed by atoms with Crippen LogP contribution in [0.25, 0.3) is 0 Å². The fourth-order valence-corrected chi connectivity index (χ4v) is 2.59. The zero-order chi connectivity index (χ0) is 11.1. The van der Waals surface area contributed by atoms with E-state index in [-0.39, 0.29) is 0 Å². The number of hydrogen-bond donors (Lipinski definition) is 1.